The van der Waals surface area contributed by atoms with Crippen LogP contribution in [-0.4, -0.2) is 24.4 Å². The maximum absolute atomic E-state index is 12.7. The van der Waals surface area contributed by atoms with Crippen molar-refractivity contribution >= 4 is 16.9 Å². The highest BCUT2D eigenvalue weighted by Gasteiger charge is 2.23. The molecule has 0 amide bonds. The van der Waals surface area contributed by atoms with Gasteiger partial charge in [0.1, 0.15) is 18.1 Å². The summed E-state index contributed by atoms with van der Waals surface area (Å²) in [7, 11) is 0. The summed E-state index contributed by atoms with van der Waals surface area (Å²) in [5.74, 6) is 1.66. The van der Waals surface area contributed by atoms with E-state index in [1.54, 1.807) is 6.92 Å². The van der Waals surface area contributed by atoms with Gasteiger partial charge in [0, 0.05) is 17.0 Å². The lowest BCUT2D eigenvalue weighted by Crippen LogP contribution is -2.06. The molecule has 0 radical (unpaired) electrons. The molecule has 0 spiro atoms. The quantitative estimate of drug-likeness (QED) is 0.432. The largest absolute Gasteiger partial charge is 0.489 e. The molecule has 6 nitrogen and oxygen atoms in total. The summed E-state index contributed by atoms with van der Waals surface area (Å²) in [6, 6.07) is 21.4. The van der Waals surface area contributed by atoms with Crippen molar-refractivity contribution in [2.45, 2.75) is 13.5 Å². The Bertz CT molecular complexity index is 1250. The van der Waals surface area contributed by atoms with Gasteiger partial charge in [-0.25, -0.2) is 4.79 Å². The second-order valence-corrected chi connectivity index (χ2v) is 7.15. The molecule has 1 aliphatic rings. The van der Waals surface area contributed by atoms with Gasteiger partial charge in [-0.1, -0.05) is 36.4 Å². The van der Waals surface area contributed by atoms with Gasteiger partial charge in [-0.15, -0.1) is 0 Å². The first kappa shape index (κ1) is 19.1. The van der Waals surface area contributed by atoms with Gasteiger partial charge in [-0.3, -0.25) is 0 Å². The minimum absolute atomic E-state index is 0.194. The number of ether oxygens (including phenoxy) is 4. The number of esters is 1. The predicted molar refractivity (Wildman–Crippen MR) is 117 cm³/mol. The number of aromatic nitrogens is 1. The van der Waals surface area contributed by atoms with Crippen LogP contribution in [0.2, 0.25) is 0 Å². The molecule has 1 N–H and O–H groups in total. The van der Waals surface area contributed by atoms with Gasteiger partial charge in [0.2, 0.25) is 6.79 Å². The van der Waals surface area contributed by atoms with Gasteiger partial charge < -0.3 is 23.9 Å². The Balaban J connectivity index is 1.54. The molecule has 1 aliphatic heterocycles. The first-order chi connectivity index (χ1) is 15.2. The van der Waals surface area contributed by atoms with E-state index in [9.17, 15) is 4.79 Å². The molecular formula is C25H21NO5. The van der Waals surface area contributed by atoms with Crippen molar-refractivity contribution in [1.29, 1.82) is 0 Å². The number of aromatic amines is 1. The normalized spacial score (nSPS) is 12.2. The number of nitrogens with one attached hydrogen (secondary N) is 1. The summed E-state index contributed by atoms with van der Waals surface area (Å²) in [4.78, 5) is 15.9. The third kappa shape index (κ3) is 3.68. The van der Waals surface area contributed by atoms with E-state index < -0.39 is 5.97 Å². The van der Waals surface area contributed by atoms with E-state index in [0.717, 1.165) is 27.6 Å². The molecule has 0 atom stereocenters. The average molecular weight is 415 g/mol. The monoisotopic (exact) mass is 415 g/mol. The Kier molecular flexibility index (Phi) is 4.96. The van der Waals surface area contributed by atoms with Gasteiger partial charge in [0.15, 0.2) is 11.5 Å². The summed E-state index contributed by atoms with van der Waals surface area (Å²) >= 11 is 0. The molecule has 0 aliphatic carbocycles. The molecular weight excluding hydrogens is 394 g/mol. The molecule has 6 heteroatoms. The fourth-order valence-electron chi connectivity index (χ4n) is 3.72. The average Bonchev–Trinajstić information content (AvgIpc) is 3.42. The Morgan fingerprint density at radius 3 is 2.68 bits per heavy atom. The van der Waals surface area contributed by atoms with Gasteiger partial charge in [-0.2, -0.15) is 0 Å². The summed E-state index contributed by atoms with van der Waals surface area (Å²) in [5.41, 5.74) is 3.89. The van der Waals surface area contributed by atoms with E-state index in [4.69, 9.17) is 18.9 Å². The third-order valence-corrected chi connectivity index (χ3v) is 5.16. The molecule has 1 aromatic heterocycles. The van der Waals surface area contributed by atoms with Crippen molar-refractivity contribution in [3.8, 4) is 28.4 Å². The van der Waals surface area contributed by atoms with Crippen molar-refractivity contribution in [2.75, 3.05) is 13.4 Å². The highest BCUT2D eigenvalue weighted by Crippen LogP contribution is 2.40. The van der Waals surface area contributed by atoms with E-state index >= 15 is 0 Å². The van der Waals surface area contributed by atoms with E-state index in [0.29, 0.717) is 36.2 Å². The standard InChI is InChI=1S/C25H21NO5/c1-2-28-25(27)24-23(17-8-11-21-22(12-17)31-15-30-21)19-10-9-18(13-20(19)26-24)29-14-16-6-4-3-5-7-16/h3-13,26H,2,14-15H2,1H3. The van der Waals surface area contributed by atoms with Crippen LogP contribution in [0.1, 0.15) is 23.0 Å². The first-order valence-electron chi connectivity index (χ1n) is 10.1. The smallest absolute Gasteiger partial charge is 0.355 e. The van der Waals surface area contributed by atoms with Crippen LogP contribution >= 0.6 is 0 Å². The van der Waals surface area contributed by atoms with Gasteiger partial charge >= 0.3 is 5.97 Å². The molecule has 31 heavy (non-hydrogen) atoms. The number of H-pyrrole nitrogens is 1. The molecule has 3 aromatic carbocycles. The molecule has 4 aromatic rings. The van der Waals surface area contributed by atoms with Gasteiger partial charge in [0.25, 0.3) is 0 Å². The number of carbonyl (C=O) groups excluding carboxylic acids is 1. The van der Waals surface area contributed by atoms with Crippen molar-refractivity contribution in [3.05, 3.63) is 78.0 Å². The van der Waals surface area contributed by atoms with E-state index in [-0.39, 0.29) is 6.79 Å². The van der Waals surface area contributed by atoms with Gasteiger partial charge in [-0.05, 0) is 42.3 Å². The zero-order valence-electron chi connectivity index (χ0n) is 17.0. The number of benzene rings is 3. The summed E-state index contributed by atoms with van der Waals surface area (Å²) in [6.07, 6.45) is 0. The summed E-state index contributed by atoms with van der Waals surface area (Å²) < 4.78 is 22.2. The van der Waals surface area contributed by atoms with E-state index in [1.807, 2.05) is 66.7 Å². The lowest BCUT2D eigenvalue weighted by molar-refractivity contribution is 0.0521. The van der Waals surface area contributed by atoms with E-state index in [1.165, 1.54) is 0 Å². The van der Waals surface area contributed by atoms with Crippen molar-refractivity contribution in [1.82, 2.24) is 4.98 Å². The molecule has 0 unspecified atom stereocenters. The Morgan fingerprint density at radius 1 is 1.00 bits per heavy atom. The van der Waals surface area contributed by atoms with Gasteiger partial charge in [0.05, 0.1) is 12.1 Å². The number of carbonyl (C=O) groups is 1. The summed E-state index contributed by atoms with van der Waals surface area (Å²) in [5, 5.41) is 0.897. The van der Waals surface area contributed by atoms with Crippen LogP contribution in [0.3, 0.4) is 0 Å². The molecule has 5 rings (SSSR count). The lowest BCUT2D eigenvalue weighted by Gasteiger charge is -2.07. The van der Waals surface area contributed by atoms with Crippen molar-refractivity contribution in [2.24, 2.45) is 0 Å². The van der Waals surface area contributed by atoms with E-state index in [2.05, 4.69) is 4.98 Å². The van der Waals surface area contributed by atoms with Crippen LogP contribution in [0, 0.1) is 0 Å². The SMILES string of the molecule is CCOC(=O)c1[nH]c2cc(OCc3ccccc3)ccc2c1-c1ccc2c(c1)OCO2. The highest BCUT2D eigenvalue weighted by molar-refractivity contribution is 6.08. The Morgan fingerprint density at radius 2 is 1.84 bits per heavy atom. The zero-order chi connectivity index (χ0) is 21.2. The number of fused-ring (bicyclic) bond motifs is 2. The number of rotatable bonds is 6. The second kappa shape index (κ2) is 8.07. The second-order valence-electron chi connectivity index (χ2n) is 7.15. The minimum atomic E-state index is -0.405. The fraction of sp³-hybridized carbons (Fsp3) is 0.160. The predicted octanol–water partition coefficient (Wildman–Crippen LogP) is 5.32. The van der Waals surface area contributed by atoms with Crippen LogP contribution in [0.4, 0.5) is 0 Å². The maximum atomic E-state index is 12.7. The number of hydrogen-bond acceptors (Lipinski definition) is 5. The van der Waals surface area contributed by atoms with Crippen LogP contribution in [-0.2, 0) is 11.3 Å². The highest BCUT2D eigenvalue weighted by atomic mass is 16.7. The van der Waals surface area contributed by atoms with Crippen molar-refractivity contribution in [3.63, 3.8) is 0 Å². The molecule has 0 saturated carbocycles. The Hall–Kier alpha value is -3.93. The molecule has 156 valence electrons. The topological polar surface area (TPSA) is 69.8 Å². The lowest BCUT2D eigenvalue weighted by atomic mass is 10.0. The van der Waals surface area contributed by atoms with Crippen LogP contribution in [0.15, 0.2) is 66.7 Å². The number of hydrogen-bond donors (Lipinski definition) is 1. The summed E-state index contributed by atoms with van der Waals surface area (Å²) in [6.45, 7) is 2.74. The van der Waals surface area contributed by atoms with Crippen LogP contribution in [0.25, 0.3) is 22.0 Å². The Labute approximate surface area is 179 Å². The molecule has 0 fully saturated rings. The van der Waals surface area contributed by atoms with Crippen molar-refractivity contribution < 1.29 is 23.7 Å². The first-order valence-corrected chi connectivity index (χ1v) is 10.1. The minimum Gasteiger partial charge on any atom is -0.489 e. The molecule has 0 bridgehead atoms. The maximum Gasteiger partial charge on any atom is 0.355 e. The van der Waals surface area contributed by atoms with Crippen LogP contribution < -0.4 is 14.2 Å². The third-order valence-electron chi connectivity index (χ3n) is 5.16. The van der Waals surface area contributed by atoms with Crippen LogP contribution in [0.5, 0.6) is 17.2 Å². The molecule has 0 saturated heterocycles. The zero-order valence-corrected chi connectivity index (χ0v) is 17.0. The molecule has 2 heterocycles. The fourth-order valence-corrected chi connectivity index (χ4v) is 3.72.